The first-order valence-electron chi connectivity index (χ1n) is 10.7. The van der Waals surface area contributed by atoms with E-state index in [1.165, 1.54) is 6.08 Å². The van der Waals surface area contributed by atoms with E-state index in [1.807, 2.05) is 32.0 Å². The van der Waals surface area contributed by atoms with Crippen LogP contribution >= 0.6 is 15.9 Å². The summed E-state index contributed by atoms with van der Waals surface area (Å²) in [6, 6.07) is 19.5. The molecule has 0 aromatic heterocycles. The molecule has 0 atom stereocenters. The molecule has 2 N–H and O–H groups in total. The van der Waals surface area contributed by atoms with Crippen molar-refractivity contribution in [3.8, 4) is 17.6 Å². The second-order valence-corrected chi connectivity index (χ2v) is 8.53. The molecule has 35 heavy (non-hydrogen) atoms. The van der Waals surface area contributed by atoms with Gasteiger partial charge in [0, 0.05) is 21.4 Å². The van der Waals surface area contributed by atoms with E-state index in [-0.39, 0.29) is 18.1 Å². The maximum atomic E-state index is 12.8. The number of carbonyl (C=O) groups is 2. The van der Waals surface area contributed by atoms with Crippen LogP contribution in [0, 0.1) is 25.2 Å². The van der Waals surface area contributed by atoms with Gasteiger partial charge < -0.3 is 20.1 Å². The van der Waals surface area contributed by atoms with Gasteiger partial charge in [0.15, 0.2) is 6.61 Å². The minimum atomic E-state index is -0.538. The molecule has 7 nitrogen and oxygen atoms in total. The summed E-state index contributed by atoms with van der Waals surface area (Å²) >= 11 is 3.39. The van der Waals surface area contributed by atoms with Crippen molar-refractivity contribution in [3.63, 3.8) is 0 Å². The molecule has 178 valence electrons. The van der Waals surface area contributed by atoms with Crippen LogP contribution in [0.3, 0.4) is 0 Å². The Labute approximate surface area is 212 Å². The predicted molar refractivity (Wildman–Crippen MR) is 139 cm³/mol. The van der Waals surface area contributed by atoms with Crippen LogP contribution in [0.15, 0.2) is 70.7 Å². The van der Waals surface area contributed by atoms with E-state index >= 15 is 0 Å². The van der Waals surface area contributed by atoms with Crippen molar-refractivity contribution in [2.45, 2.75) is 13.8 Å². The summed E-state index contributed by atoms with van der Waals surface area (Å²) in [5.74, 6) is 0.136. The molecule has 3 aromatic carbocycles. The molecule has 2 amide bonds. The lowest BCUT2D eigenvalue weighted by Crippen LogP contribution is -2.20. The lowest BCUT2D eigenvalue weighted by atomic mass is 10.1. The Bertz CT molecular complexity index is 1310. The fourth-order valence-corrected chi connectivity index (χ4v) is 3.54. The first-order chi connectivity index (χ1) is 16.8. The number of hydrogen-bond donors (Lipinski definition) is 2. The quantitative estimate of drug-likeness (QED) is 0.288. The third-order valence-corrected chi connectivity index (χ3v) is 5.72. The number of halogens is 1. The van der Waals surface area contributed by atoms with E-state index in [0.29, 0.717) is 28.4 Å². The summed E-state index contributed by atoms with van der Waals surface area (Å²) in [6.45, 7) is 3.59. The van der Waals surface area contributed by atoms with E-state index in [9.17, 15) is 14.9 Å². The highest BCUT2D eigenvalue weighted by molar-refractivity contribution is 9.10. The van der Waals surface area contributed by atoms with E-state index in [0.717, 1.165) is 15.6 Å². The molecule has 0 spiro atoms. The normalized spacial score (nSPS) is 10.8. The number of carbonyl (C=O) groups excluding carboxylic acids is 2. The number of nitrogens with one attached hydrogen (secondary N) is 2. The average Bonchev–Trinajstić information content (AvgIpc) is 2.85. The van der Waals surface area contributed by atoms with Crippen LogP contribution in [0.5, 0.6) is 11.5 Å². The number of rotatable bonds is 8. The van der Waals surface area contributed by atoms with Crippen molar-refractivity contribution in [1.29, 1.82) is 5.26 Å². The molecule has 0 bridgehead atoms. The number of benzene rings is 3. The van der Waals surface area contributed by atoms with Crippen molar-refractivity contribution < 1.29 is 19.1 Å². The zero-order chi connectivity index (χ0) is 25.4. The number of ether oxygens (including phenoxy) is 2. The highest BCUT2D eigenvalue weighted by atomic mass is 79.9. The van der Waals surface area contributed by atoms with Crippen LogP contribution < -0.4 is 20.1 Å². The maximum Gasteiger partial charge on any atom is 0.266 e. The lowest BCUT2D eigenvalue weighted by molar-refractivity contribution is -0.118. The molecule has 0 aliphatic rings. The van der Waals surface area contributed by atoms with Gasteiger partial charge in [-0.05, 0) is 79.6 Å². The molecule has 8 heteroatoms. The van der Waals surface area contributed by atoms with Gasteiger partial charge in [-0.15, -0.1) is 0 Å². The van der Waals surface area contributed by atoms with E-state index in [4.69, 9.17) is 9.47 Å². The molecule has 0 unspecified atom stereocenters. The van der Waals surface area contributed by atoms with Crippen molar-refractivity contribution >= 4 is 45.2 Å². The molecule has 0 heterocycles. The number of amides is 2. The summed E-state index contributed by atoms with van der Waals surface area (Å²) < 4.78 is 11.5. The SMILES string of the molecule is COc1ccc(NC(=O)COc2ccc(Br)cc2/C=C(/C#N)C(=O)Nc2cccc(C)c2C)cc1. The average molecular weight is 534 g/mol. The summed E-state index contributed by atoms with van der Waals surface area (Å²) in [5.41, 5.74) is 3.57. The van der Waals surface area contributed by atoms with E-state index < -0.39 is 5.91 Å². The van der Waals surface area contributed by atoms with Crippen LogP contribution in [-0.4, -0.2) is 25.5 Å². The number of nitriles is 1. The van der Waals surface area contributed by atoms with Crippen LogP contribution in [0.4, 0.5) is 11.4 Å². The standard InChI is InChI=1S/C27H24BrN3O4/c1-17-5-4-6-24(18(17)2)31-27(33)20(15-29)13-19-14-21(28)7-12-25(19)35-16-26(32)30-22-8-10-23(34-3)11-9-22/h4-14H,16H2,1-3H3,(H,30,32)(H,31,33)/b20-13-. The van der Waals surface area contributed by atoms with E-state index in [1.54, 1.807) is 55.6 Å². The zero-order valence-electron chi connectivity index (χ0n) is 19.5. The van der Waals surface area contributed by atoms with Crippen molar-refractivity contribution in [2.24, 2.45) is 0 Å². The third-order valence-electron chi connectivity index (χ3n) is 5.22. The summed E-state index contributed by atoms with van der Waals surface area (Å²) in [4.78, 5) is 25.2. The molecule has 0 radical (unpaired) electrons. The Kier molecular flexibility index (Phi) is 8.65. The molecule has 0 fully saturated rings. The summed E-state index contributed by atoms with van der Waals surface area (Å²) in [5, 5.41) is 15.2. The van der Waals surface area contributed by atoms with Crippen molar-refractivity contribution in [3.05, 3.63) is 87.4 Å². The molecule has 3 rings (SSSR count). The van der Waals surface area contributed by atoms with Gasteiger partial charge in [-0.2, -0.15) is 5.26 Å². The number of hydrogen-bond acceptors (Lipinski definition) is 5. The van der Waals surface area contributed by atoms with Gasteiger partial charge >= 0.3 is 0 Å². The topological polar surface area (TPSA) is 100 Å². The van der Waals surface area contributed by atoms with Gasteiger partial charge in [0.2, 0.25) is 0 Å². The van der Waals surface area contributed by atoms with Crippen LogP contribution in [0.1, 0.15) is 16.7 Å². The van der Waals surface area contributed by atoms with Crippen molar-refractivity contribution in [2.75, 3.05) is 24.4 Å². The van der Waals surface area contributed by atoms with Gasteiger partial charge in [-0.25, -0.2) is 0 Å². The smallest absolute Gasteiger partial charge is 0.266 e. The minimum absolute atomic E-state index is 0.100. The third kappa shape index (κ3) is 6.95. The monoisotopic (exact) mass is 533 g/mol. The van der Waals surface area contributed by atoms with Crippen LogP contribution in [0.25, 0.3) is 6.08 Å². The fourth-order valence-electron chi connectivity index (χ4n) is 3.16. The first kappa shape index (κ1) is 25.5. The lowest BCUT2D eigenvalue weighted by Gasteiger charge is -2.12. The van der Waals surface area contributed by atoms with Gasteiger partial charge in [-0.1, -0.05) is 28.1 Å². The number of methoxy groups -OCH3 is 1. The molecule has 0 aliphatic carbocycles. The number of anilines is 2. The molecular formula is C27H24BrN3O4. The fraction of sp³-hybridized carbons (Fsp3) is 0.148. The predicted octanol–water partition coefficient (Wildman–Crippen LogP) is 5.64. The van der Waals surface area contributed by atoms with Crippen LogP contribution in [0.2, 0.25) is 0 Å². The molecule has 0 aliphatic heterocycles. The Morgan fingerprint density at radius 1 is 1.06 bits per heavy atom. The zero-order valence-corrected chi connectivity index (χ0v) is 21.1. The van der Waals surface area contributed by atoms with E-state index in [2.05, 4.69) is 26.6 Å². The Balaban J connectivity index is 1.74. The minimum Gasteiger partial charge on any atom is -0.497 e. The Morgan fingerprint density at radius 3 is 2.49 bits per heavy atom. The first-order valence-corrected chi connectivity index (χ1v) is 11.5. The second kappa shape index (κ2) is 11.9. The number of nitrogens with zero attached hydrogens (tertiary/aromatic N) is 1. The highest BCUT2D eigenvalue weighted by Gasteiger charge is 2.14. The molecule has 0 saturated heterocycles. The molecule has 3 aromatic rings. The number of aryl methyl sites for hydroxylation is 1. The maximum absolute atomic E-state index is 12.8. The van der Waals surface area contributed by atoms with Crippen molar-refractivity contribution in [1.82, 2.24) is 0 Å². The summed E-state index contributed by atoms with van der Waals surface area (Å²) in [6.07, 6.45) is 1.43. The van der Waals surface area contributed by atoms with Crippen LogP contribution in [-0.2, 0) is 9.59 Å². The Hall–Kier alpha value is -4.09. The van der Waals surface area contributed by atoms with Gasteiger partial charge in [0.25, 0.3) is 11.8 Å². The largest absolute Gasteiger partial charge is 0.497 e. The summed E-state index contributed by atoms with van der Waals surface area (Å²) in [7, 11) is 1.57. The molecular weight excluding hydrogens is 510 g/mol. The second-order valence-electron chi connectivity index (χ2n) is 7.62. The van der Waals surface area contributed by atoms with Gasteiger partial charge in [0.05, 0.1) is 7.11 Å². The highest BCUT2D eigenvalue weighted by Crippen LogP contribution is 2.26. The Morgan fingerprint density at radius 2 is 1.80 bits per heavy atom. The van der Waals surface area contributed by atoms with Gasteiger partial charge in [-0.3, -0.25) is 9.59 Å². The molecule has 0 saturated carbocycles. The van der Waals surface area contributed by atoms with Gasteiger partial charge in [0.1, 0.15) is 23.1 Å².